The maximum Gasteiger partial charge on any atom is 0.326 e. The number of pyridine rings is 1. The van der Waals surface area contributed by atoms with E-state index in [1.807, 2.05) is 67.5 Å². The number of piperazine rings is 1. The number of aromatic nitrogens is 3. The zero-order chi connectivity index (χ0) is 39.1. The molecule has 2 aliphatic heterocycles. The first-order valence-electron chi connectivity index (χ1n) is 18.9. The number of anilines is 2. The summed E-state index contributed by atoms with van der Waals surface area (Å²) in [7, 11) is 4.02. The van der Waals surface area contributed by atoms with Crippen LogP contribution >= 0.6 is 31.9 Å². The molecule has 14 nitrogen and oxygen atoms in total. The molecule has 2 aliphatic rings. The number of unbranched alkanes of at least 4 members (excludes halogenated alkanes) is 1. The number of nitrogens with zero attached hydrogens (tertiary/aromatic N) is 6. The summed E-state index contributed by atoms with van der Waals surface area (Å²) in [6.45, 7) is 4.08. The fourth-order valence-corrected chi connectivity index (χ4v) is 8.75. The number of benzene rings is 2. The number of nitrogen functional groups attached to an aromatic ring is 1. The lowest BCUT2D eigenvalue weighted by Crippen LogP contribution is -2.59. The van der Waals surface area contributed by atoms with Crippen molar-refractivity contribution in [2.75, 3.05) is 70.5 Å². The van der Waals surface area contributed by atoms with E-state index < -0.39 is 18.0 Å². The number of rotatable bonds is 13. The second-order valence-electron chi connectivity index (χ2n) is 14.6. The highest BCUT2D eigenvalue weighted by Crippen LogP contribution is 2.30. The Bertz CT molecular complexity index is 1980. The minimum atomic E-state index is -0.982. The number of carbonyl (C=O) groups excluding carboxylic acids is 3. The lowest BCUT2D eigenvalue weighted by molar-refractivity contribution is -0.137. The summed E-state index contributed by atoms with van der Waals surface area (Å²) in [5.41, 5.74) is 9.99. The summed E-state index contributed by atoms with van der Waals surface area (Å²) in [5.74, 6) is -0.552. The van der Waals surface area contributed by atoms with Gasteiger partial charge in [-0.1, -0.05) is 12.1 Å². The Morgan fingerprint density at radius 1 is 0.909 bits per heavy atom. The standard InChI is InChI=1S/C39H50Br2N10O4/c1-47(2)16-6-5-8-32(37(53)49-21-19-48(20-22-49)27-10-14-43-15-11-27)44-36(52)33(25-26-23-29(40)35(42)30(41)24-26)46-38(54)50-17-12-28(13-18-50)51-34-9-4-3-7-31(34)45-39(51)55/h3-4,7,9-11,14-15,23-24,28,32-33H,5-6,8,12-13,16-22,25,42H2,1-2H3,(H,44,52)(H,45,55)(H,46,54)/t32-,33+/m0/s1. The first kappa shape index (κ1) is 40.3. The molecule has 2 saturated heterocycles. The van der Waals surface area contributed by atoms with Crippen LogP contribution in [0.5, 0.6) is 0 Å². The molecule has 0 aliphatic carbocycles. The molecule has 0 spiro atoms. The number of piperidine rings is 1. The van der Waals surface area contributed by atoms with E-state index in [-0.39, 0.29) is 30.1 Å². The molecule has 0 saturated carbocycles. The Morgan fingerprint density at radius 2 is 1.58 bits per heavy atom. The van der Waals surface area contributed by atoms with Crippen molar-refractivity contribution in [2.24, 2.45) is 0 Å². The molecule has 55 heavy (non-hydrogen) atoms. The van der Waals surface area contributed by atoms with Gasteiger partial charge < -0.3 is 41.0 Å². The molecule has 5 N–H and O–H groups in total. The van der Waals surface area contributed by atoms with Crippen LogP contribution in [0.15, 0.2) is 74.7 Å². The Balaban J connectivity index is 1.16. The monoisotopic (exact) mass is 880 g/mol. The van der Waals surface area contributed by atoms with Gasteiger partial charge in [0.25, 0.3) is 0 Å². The predicted molar refractivity (Wildman–Crippen MR) is 222 cm³/mol. The molecule has 16 heteroatoms. The van der Waals surface area contributed by atoms with Gasteiger partial charge in [0, 0.05) is 78.8 Å². The van der Waals surface area contributed by atoms with Crippen LogP contribution in [-0.4, -0.2) is 119 Å². The molecular weight excluding hydrogens is 832 g/mol. The van der Waals surface area contributed by atoms with Gasteiger partial charge in [0.05, 0.1) is 16.7 Å². The maximum absolute atomic E-state index is 14.3. The molecule has 0 unspecified atom stereocenters. The van der Waals surface area contributed by atoms with Crippen LogP contribution in [0.1, 0.15) is 43.7 Å². The van der Waals surface area contributed by atoms with E-state index in [1.54, 1.807) is 21.9 Å². The lowest BCUT2D eigenvalue weighted by atomic mass is 10.0. The molecule has 4 aromatic rings. The average molecular weight is 883 g/mol. The van der Waals surface area contributed by atoms with Crippen molar-refractivity contribution in [3.05, 3.63) is 85.9 Å². The molecule has 2 aromatic heterocycles. The van der Waals surface area contributed by atoms with E-state index in [9.17, 15) is 19.2 Å². The number of H-pyrrole nitrogens is 1. The molecule has 294 valence electrons. The summed E-state index contributed by atoms with van der Waals surface area (Å²) in [6.07, 6.45) is 6.96. The number of urea groups is 1. The number of carbonyl (C=O) groups is 3. The van der Waals surface area contributed by atoms with Crippen molar-refractivity contribution >= 4 is 72.1 Å². The van der Waals surface area contributed by atoms with E-state index in [4.69, 9.17) is 5.73 Å². The zero-order valence-electron chi connectivity index (χ0n) is 31.3. The van der Waals surface area contributed by atoms with Crippen molar-refractivity contribution in [2.45, 2.75) is 56.7 Å². The van der Waals surface area contributed by atoms with Gasteiger partial charge in [0.2, 0.25) is 11.8 Å². The van der Waals surface area contributed by atoms with E-state index in [2.05, 4.69) is 62.3 Å². The Hall–Kier alpha value is -4.41. The lowest BCUT2D eigenvalue weighted by Gasteiger charge is -2.38. The number of halogens is 2. The van der Waals surface area contributed by atoms with Crippen LogP contribution in [0.4, 0.5) is 16.2 Å². The number of hydrogen-bond acceptors (Lipinski definition) is 8. The third-order valence-electron chi connectivity index (χ3n) is 10.5. The van der Waals surface area contributed by atoms with Gasteiger partial charge in [-0.15, -0.1) is 0 Å². The Kier molecular flexibility index (Phi) is 13.5. The third-order valence-corrected chi connectivity index (χ3v) is 11.8. The smallest absolute Gasteiger partial charge is 0.326 e. The molecule has 0 radical (unpaired) electrons. The highest BCUT2D eigenvalue weighted by Gasteiger charge is 2.33. The first-order chi connectivity index (χ1) is 26.5. The normalized spacial score (nSPS) is 16.3. The second-order valence-corrected chi connectivity index (χ2v) is 16.3. The van der Waals surface area contributed by atoms with Crippen molar-refractivity contribution in [3.63, 3.8) is 0 Å². The molecule has 2 fully saturated rings. The van der Waals surface area contributed by atoms with Crippen molar-refractivity contribution in [1.82, 2.24) is 39.9 Å². The Labute approximate surface area is 338 Å². The largest absolute Gasteiger partial charge is 0.397 e. The number of para-hydroxylation sites is 2. The maximum atomic E-state index is 14.3. The number of likely N-dealkylation sites (tertiary alicyclic amines) is 1. The minimum Gasteiger partial charge on any atom is -0.397 e. The molecule has 2 aromatic carbocycles. The number of nitrogens with one attached hydrogen (secondary N) is 3. The molecule has 0 bridgehead atoms. The van der Waals surface area contributed by atoms with Crippen LogP contribution in [0.3, 0.4) is 0 Å². The summed E-state index contributed by atoms with van der Waals surface area (Å²) in [4.78, 5) is 70.1. The van der Waals surface area contributed by atoms with E-state index in [1.165, 1.54) is 0 Å². The molecule has 2 atom stereocenters. The summed E-state index contributed by atoms with van der Waals surface area (Å²) >= 11 is 7.02. The van der Waals surface area contributed by atoms with Gasteiger partial charge in [-0.2, -0.15) is 0 Å². The summed E-state index contributed by atoms with van der Waals surface area (Å²) in [6, 6.07) is 13.0. The average Bonchev–Trinajstić information content (AvgIpc) is 3.53. The van der Waals surface area contributed by atoms with Crippen molar-refractivity contribution < 1.29 is 14.4 Å². The minimum absolute atomic E-state index is 0.0675. The van der Waals surface area contributed by atoms with Crippen LogP contribution in [-0.2, 0) is 16.0 Å². The summed E-state index contributed by atoms with van der Waals surface area (Å²) in [5, 5.41) is 6.08. The van der Waals surface area contributed by atoms with Gasteiger partial charge in [0.1, 0.15) is 12.1 Å². The number of hydrogen-bond donors (Lipinski definition) is 4. The highest BCUT2D eigenvalue weighted by molar-refractivity contribution is 9.11. The van der Waals surface area contributed by atoms with E-state index in [0.717, 1.165) is 41.7 Å². The fourth-order valence-electron chi connectivity index (χ4n) is 7.47. The molecule has 6 rings (SSSR count). The highest BCUT2D eigenvalue weighted by atomic mass is 79.9. The zero-order valence-corrected chi connectivity index (χ0v) is 34.5. The number of fused-ring (bicyclic) bond motifs is 1. The van der Waals surface area contributed by atoms with Crippen LogP contribution in [0.25, 0.3) is 11.0 Å². The van der Waals surface area contributed by atoms with Crippen molar-refractivity contribution in [3.8, 4) is 0 Å². The quantitative estimate of drug-likeness (QED) is 0.114. The topological polar surface area (TPSA) is 165 Å². The van der Waals surface area contributed by atoms with Crippen LogP contribution in [0.2, 0.25) is 0 Å². The van der Waals surface area contributed by atoms with Crippen LogP contribution < -0.4 is 27.0 Å². The number of aromatic amines is 1. The van der Waals surface area contributed by atoms with Gasteiger partial charge in [-0.25, -0.2) is 9.59 Å². The SMILES string of the molecule is CN(C)CCCC[C@H](NC(=O)[C@@H](Cc1cc(Br)c(N)c(Br)c1)NC(=O)N1CCC(n2c(=O)[nH]c3ccccc32)CC1)C(=O)N1CCN(c2ccncc2)CC1. The molecular formula is C39H50Br2N10O4. The molecule has 4 heterocycles. The van der Waals surface area contributed by atoms with E-state index in [0.29, 0.717) is 73.2 Å². The van der Waals surface area contributed by atoms with Crippen molar-refractivity contribution in [1.29, 1.82) is 0 Å². The van der Waals surface area contributed by atoms with Crippen LogP contribution in [0, 0.1) is 0 Å². The fraction of sp³-hybridized carbons (Fsp3) is 0.462. The van der Waals surface area contributed by atoms with Gasteiger partial charge in [0.15, 0.2) is 0 Å². The van der Waals surface area contributed by atoms with Gasteiger partial charge in [-0.3, -0.25) is 19.1 Å². The van der Waals surface area contributed by atoms with E-state index >= 15 is 0 Å². The van der Waals surface area contributed by atoms with Gasteiger partial charge in [-0.05, 0) is 127 Å². The first-order valence-corrected chi connectivity index (χ1v) is 20.4. The summed E-state index contributed by atoms with van der Waals surface area (Å²) < 4.78 is 3.11. The van der Waals surface area contributed by atoms with Gasteiger partial charge >= 0.3 is 11.7 Å². The second kappa shape index (κ2) is 18.5. The molecule has 4 amide bonds. The predicted octanol–water partition coefficient (Wildman–Crippen LogP) is 4.36. The number of nitrogens with two attached hydrogens (primary N) is 1. The third kappa shape index (κ3) is 10.1. The Morgan fingerprint density at radius 3 is 2.25 bits per heavy atom. The number of amides is 4. The number of imidazole rings is 1.